The average molecular weight is 510 g/mol. The zero-order valence-electron chi connectivity index (χ0n) is 20.6. The number of aliphatic hydroxyl groups excluding tert-OH is 1. The minimum Gasteiger partial charge on any atom is -0.382 e. The number of Topliss-reactive ketones (excluding diaryl/α,β-unsaturated/α-hetero) is 1. The van der Waals surface area contributed by atoms with Crippen LogP contribution in [0.2, 0.25) is 0 Å². The second-order valence-corrected chi connectivity index (χ2v) is 9.23. The lowest BCUT2D eigenvalue weighted by molar-refractivity contribution is -0.124. The van der Waals surface area contributed by atoms with Crippen molar-refractivity contribution in [3.05, 3.63) is 101 Å². The number of unbranched alkanes of at least 4 members (excludes halogenated alkanes) is 1. The molecule has 8 heteroatoms. The Morgan fingerprint density at radius 1 is 0.892 bits per heavy atom. The van der Waals surface area contributed by atoms with Gasteiger partial charge in [-0.25, -0.2) is 8.78 Å². The molecule has 0 radical (unpaired) electrons. The maximum Gasteiger partial charge on any atom is 0.254 e. The number of aliphatic hydroxyl groups is 1. The Labute approximate surface area is 215 Å². The second kappa shape index (κ2) is 13.7. The summed E-state index contributed by atoms with van der Waals surface area (Å²) in [6, 6.07) is 18.0. The fourth-order valence-electron chi connectivity index (χ4n) is 4.07. The average Bonchev–Trinajstić information content (AvgIpc) is 2.89. The smallest absolute Gasteiger partial charge is 0.254 e. The van der Waals surface area contributed by atoms with Crippen LogP contribution in [0.4, 0.5) is 14.5 Å². The van der Waals surface area contributed by atoms with E-state index in [-0.39, 0.29) is 23.8 Å². The largest absolute Gasteiger partial charge is 0.382 e. The van der Waals surface area contributed by atoms with Crippen molar-refractivity contribution in [1.82, 2.24) is 0 Å². The maximum absolute atomic E-state index is 13.8. The summed E-state index contributed by atoms with van der Waals surface area (Å²) in [7, 11) is 0. The van der Waals surface area contributed by atoms with Gasteiger partial charge in [0.1, 0.15) is 17.7 Å². The normalized spacial score (nSPS) is 13.5. The van der Waals surface area contributed by atoms with Crippen molar-refractivity contribution in [2.45, 2.75) is 56.7 Å². The van der Waals surface area contributed by atoms with Crippen LogP contribution in [0.5, 0.6) is 0 Å². The molecule has 0 heterocycles. The first-order valence-electron chi connectivity index (χ1n) is 12.3. The van der Waals surface area contributed by atoms with Gasteiger partial charge in [0, 0.05) is 29.8 Å². The standard InChI is InChI=1S/C29H33F2N3O3/c30-22-12-15-25(31)21(17-22)18-23(32)8-4-5-9-27(35)20-10-13-24(14-11-20)34-29(37)28(36)26(33)16-19-6-2-1-3-7-19/h1-3,6-7,10-15,17,23,26,28,36H,4-5,8-9,16,18,32-33H2,(H,34,37). The van der Waals surface area contributed by atoms with Gasteiger partial charge in [-0.05, 0) is 79.3 Å². The van der Waals surface area contributed by atoms with Crippen molar-refractivity contribution in [3.63, 3.8) is 0 Å². The molecule has 0 saturated carbocycles. The Hall–Kier alpha value is -3.46. The van der Waals surface area contributed by atoms with Crippen LogP contribution in [0.15, 0.2) is 72.8 Å². The summed E-state index contributed by atoms with van der Waals surface area (Å²) >= 11 is 0. The molecule has 3 rings (SSSR count). The third-order valence-electron chi connectivity index (χ3n) is 6.18. The fourth-order valence-corrected chi connectivity index (χ4v) is 4.07. The molecule has 37 heavy (non-hydrogen) atoms. The molecule has 3 aromatic carbocycles. The number of hydrogen-bond acceptors (Lipinski definition) is 5. The van der Waals surface area contributed by atoms with E-state index in [2.05, 4.69) is 5.32 Å². The molecule has 3 atom stereocenters. The van der Waals surface area contributed by atoms with E-state index in [4.69, 9.17) is 11.5 Å². The predicted molar refractivity (Wildman–Crippen MR) is 140 cm³/mol. The number of rotatable bonds is 13. The molecular formula is C29H33F2N3O3. The van der Waals surface area contributed by atoms with E-state index in [0.29, 0.717) is 43.4 Å². The van der Waals surface area contributed by atoms with Crippen molar-refractivity contribution in [2.75, 3.05) is 5.32 Å². The van der Waals surface area contributed by atoms with Gasteiger partial charge in [0.25, 0.3) is 5.91 Å². The summed E-state index contributed by atoms with van der Waals surface area (Å²) < 4.78 is 27.1. The second-order valence-electron chi connectivity index (χ2n) is 9.23. The zero-order valence-corrected chi connectivity index (χ0v) is 20.6. The zero-order chi connectivity index (χ0) is 26.8. The molecule has 3 aromatic rings. The Morgan fingerprint density at radius 3 is 2.30 bits per heavy atom. The van der Waals surface area contributed by atoms with Crippen molar-refractivity contribution in [2.24, 2.45) is 11.5 Å². The van der Waals surface area contributed by atoms with Crippen LogP contribution in [0, 0.1) is 11.6 Å². The van der Waals surface area contributed by atoms with Crippen LogP contribution >= 0.6 is 0 Å². The SMILES string of the molecule is NC(CCCCC(=O)c1ccc(NC(=O)C(O)C(N)Cc2ccccc2)cc1)Cc1cc(F)ccc1F. The van der Waals surface area contributed by atoms with Crippen LogP contribution in [0.1, 0.15) is 47.2 Å². The first-order valence-corrected chi connectivity index (χ1v) is 12.3. The van der Waals surface area contributed by atoms with Gasteiger partial charge in [-0.15, -0.1) is 0 Å². The van der Waals surface area contributed by atoms with E-state index in [1.165, 1.54) is 0 Å². The van der Waals surface area contributed by atoms with E-state index in [0.717, 1.165) is 23.8 Å². The predicted octanol–water partition coefficient (Wildman–Crippen LogP) is 4.15. The topological polar surface area (TPSA) is 118 Å². The summed E-state index contributed by atoms with van der Waals surface area (Å²) in [6.07, 6.45) is 1.40. The molecule has 6 N–H and O–H groups in total. The Morgan fingerprint density at radius 2 is 1.59 bits per heavy atom. The van der Waals surface area contributed by atoms with Gasteiger partial charge >= 0.3 is 0 Å². The minimum atomic E-state index is -1.38. The third-order valence-corrected chi connectivity index (χ3v) is 6.18. The molecule has 3 unspecified atom stereocenters. The lowest BCUT2D eigenvalue weighted by Crippen LogP contribution is -2.44. The number of ketones is 1. The summed E-state index contributed by atoms with van der Waals surface area (Å²) in [5.41, 5.74) is 14.2. The minimum absolute atomic E-state index is 0.0486. The van der Waals surface area contributed by atoms with Crippen molar-refractivity contribution in [1.29, 1.82) is 0 Å². The lowest BCUT2D eigenvalue weighted by Gasteiger charge is -2.18. The Bertz CT molecular complexity index is 1170. The van der Waals surface area contributed by atoms with Crippen LogP contribution in [-0.2, 0) is 17.6 Å². The van der Waals surface area contributed by atoms with Crippen LogP contribution in [-0.4, -0.2) is 35.0 Å². The third kappa shape index (κ3) is 8.86. The van der Waals surface area contributed by atoms with Gasteiger partial charge in [0.2, 0.25) is 0 Å². The Kier molecular flexibility index (Phi) is 10.4. The van der Waals surface area contributed by atoms with Gasteiger partial charge in [-0.1, -0.05) is 36.8 Å². The number of benzene rings is 3. The highest BCUT2D eigenvalue weighted by Gasteiger charge is 2.23. The molecule has 0 fully saturated rings. The lowest BCUT2D eigenvalue weighted by atomic mass is 9.99. The van der Waals surface area contributed by atoms with Crippen LogP contribution < -0.4 is 16.8 Å². The number of nitrogens with two attached hydrogens (primary N) is 2. The van der Waals surface area contributed by atoms with Crippen LogP contribution in [0.25, 0.3) is 0 Å². The number of anilines is 1. The van der Waals surface area contributed by atoms with Crippen molar-refractivity contribution < 1.29 is 23.5 Å². The molecule has 0 aliphatic rings. The summed E-state index contributed by atoms with van der Waals surface area (Å²) in [5.74, 6) is -1.64. The highest BCUT2D eigenvalue weighted by atomic mass is 19.1. The number of hydrogen-bond donors (Lipinski definition) is 4. The molecule has 196 valence electrons. The fraction of sp³-hybridized carbons (Fsp3) is 0.310. The molecule has 6 nitrogen and oxygen atoms in total. The summed E-state index contributed by atoms with van der Waals surface area (Å²) in [6.45, 7) is 0. The number of carbonyl (C=O) groups excluding carboxylic acids is 2. The van der Waals surface area contributed by atoms with E-state index < -0.39 is 29.7 Å². The Balaban J connectivity index is 1.40. The number of nitrogens with one attached hydrogen (secondary N) is 1. The summed E-state index contributed by atoms with van der Waals surface area (Å²) in [5, 5.41) is 12.9. The van der Waals surface area contributed by atoms with E-state index >= 15 is 0 Å². The molecule has 0 aliphatic heterocycles. The van der Waals surface area contributed by atoms with Gasteiger partial charge in [0.15, 0.2) is 5.78 Å². The molecular weight excluding hydrogens is 476 g/mol. The maximum atomic E-state index is 13.8. The quantitative estimate of drug-likeness (QED) is 0.204. The van der Waals surface area contributed by atoms with Gasteiger partial charge in [-0.2, -0.15) is 0 Å². The molecule has 0 aromatic heterocycles. The first kappa shape index (κ1) is 28.1. The number of amides is 1. The first-order chi connectivity index (χ1) is 17.7. The van der Waals surface area contributed by atoms with Crippen molar-refractivity contribution >= 4 is 17.4 Å². The molecule has 0 saturated heterocycles. The van der Waals surface area contributed by atoms with E-state index in [1.807, 2.05) is 30.3 Å². The highest BCUT2D eigenvalue weighted by Crippen LogP contribution is 2.16. The van der Waals surface area contributed by atoms with Crippen molar-refractivity contribution in [3.8, 4) is 0 Å². The number of carbonyl (C=O) groups is 2. The molecule has 0 spiro atoms. The molecule has 0 aliphatic carbocycles. The molecule has 0 bridgehead atoms. The molecule has 1 amide bonds. The summed E-state index contributed by atoms with van der Waals surface area (Å²) in [4.78, 5) is 24.9. The van der Waals surface area contributed by atoms with Gasteiger partial charge in [0.05, 0.1) is 0 Å². The highest BCUT2D eigenvalue weighted by molar-refractivity contribution is 5.98. The van der Waals surface area contributed by atoms with E-state index in [1.54, 1.807) is 24.3 Å². The van der Waals surface area contributed by atoms with Gasteiger partial charge < -0.3 is 21.9 Å². The van der Waals surface area contributed by atoms with Crippen LogP contribution in [0.3, 0.4) is 0 Å². The number of halogens is 2. The van der Waals surface area contributed by atoms with Gasteiger partial charge in [-0.3, -0.25) is 9.59 Å². The van der Waals surface area contributed by atoms with E-state index in [9.17, 15) is 23.5 Å². The monoisotopic (exact) mass is 509 g/mol.